The summed E-state index contributed by atoms with van der Waals surface area (Å²) in [5, 5.41) is 0.250. The number of alkyl halides is 3. The highest BCUT2D eigenvalue weighted by atomic mass is 35.5. The van der Waals surface area contributed by atoms with Gasteiger partial charge in [-0.05, 0) is 23.8 Å². The highest BCUT2D eigenvalue weighted by Gasteiger charge is 2.47. The molecule has 11 heteroatoms. The molecule has 138 valence electrons. The Morgan fingerprint density at radius 2 is 1.85 bits per heavy atom. The summed E-state index contributed by atoms with van der Waals surface area (Å²) in [4.78, 5) is 7.48. The Labute approximate surface area is 156 Å². The molecule has 0 unspecified atom stereocenters. The quantitative estimate of drug-likeness (QED) is 0.631. The summed E-state index contributed by atoms with van der Waals surface area (Å²) in [6.07, 6.45) is -3.82. The van der Waals surface area contributed by atoms with Crippen molar-refractivity contribution in [1.29, 1.82) is 0 Å². The molecule has 0 fully saturated rings. The first-order valence-electron chi connectivity index (χ1n) is 7.10. The zero-order valence-electron chi connectivity index (χ0n) is 13.1. The molecule has 3 aromatic rings. The molecule has 2 aromatic heterocycles. The predicted molar refractivity (Wildman–Crippen MR) is 92.6 cm³/mol. The van der Waals surface area contributed by atoms with E-state index >= 15 is 0 Å². The molecule has 1 atom stereocenters. The van der Waals surface area contributed by atoms with Crippen molar-refractivity contribution < 1.29 is 21.6 Å². The fraction of sp³-hybridized carbons (Fsp3) is 0.200. The van der Waals surface area contributed by atoms with E-state index in [2.05, 4.69) is 9.97 Å². The second-order valence-electron chi connectivity index (χ2n) is 5.36. The Bertz CT molecular complexity index is 1040. The summed E-state index contributed by atoms with van der Waals surface area (Å²) in [5.41, 5.74) is 1.57. The lowest BCUT2D eigenvalue weighted by atomic mass is 10.1. The van der Waals surface area contributed by atoms with E-state index < -0.39 is 22.2 Å². The van der Waals surface area contributed by atoms with Gasteiger partial charge in [-0.3, -0.25) is 0 Å². The Hall–Kier alpha value is -1.75. The van der Waals surface area contributed by atoms with Crippen LogP contribution in [0.15, 0.2) is 46.9 Å². The molecular formula is C15H11ClF3N3O2S2. The number of nitrogens with zero attached hydrogens (tertiary/aromatic N) is 3. The molecule has 0 aliphatic carbocycles. The van der Waals surface area contributed by atoms with Crippen LogP contribution in [-0.4, -0.2) is 35.9 Å². The van der Waals surface area contributed by atoms with Crippen LogP contribution in [0.25, 0.3) is 10.3 Å². The van der Waals surface area contributed by atoms with E-state index in [9.17, 15) is 21.6 Å². The number of thiazole rings is 1. The monoisotopic (exact) mass is 421 g/mol. The van der Waals surface area contributed by atoms with Gasteiger partial charge in [-0.2, -0.15) is 17.5 Å². The standard InChI is InChI=1S/C15H11ClF3N3O2S2/c1-22(13(15(17,18)19)9-2-4-10(16)5-3-9)26(23,24)11-6-12-14(20-7-11)21-8-25-12/h2-8,13H,1H3/t13-/m1/s1. The number of rotatable bonds is 4. The molecule has 1 aromatic carbocycles. The second-order valence-corrected chi connectivity index (χ2v) is 8.68. The molecule has 26 heavy (non-hydrogen) atoms. The lowest BCUT2D eigenvalue weighted by molar-refractivity contribution is -0.171. The number of hydrogen-bond acceptors (Lipinski definition) is 5. The third-order valence-corrected chi connectivity index (χ3v) is 6.50. The van der Waals surface area contributed by atoms with Gasteiger partial charge in [0.2, 0.25) is 10.0 Å². The average molecular weight is 422 g/mol. The molecule has 0 radical (unpaired) electrons. The van der Waals surface area contributed by atoms with Crippen molar-refractivity contribution in [2.45, 2.75) is 17.1 Å². The lowest BCUT2D eigenvalue weighted by Crippen LogP contribution is -2.39. The fourth-order valence-corrected chi connectivity index (χ4v) is 4.61. The maximum atomic E-state index is 13.6. The van der Waals surface area contributed by atoms with Crippen LogP contribution in [0.3, 0.4) is 0 Å². The topological polar surface area (TPSA) is 63.2 Å². The van der Waals surface area contributed by atoms with Gasteiger partial charge in [-0.1, -0.05) is 23.7 Å². The Kier molecular flexibility index (Phi) is 4.95. The number of halogens is 4. The van der Waals surface area contributed by atoms with Crippen LogP contribution in [0.1, 0.15) is 11.6 Å². The summed E-state index contributed by atoms with van der Waals surface area (Å²) in [5.74, 6) is 0. The third kappa shape index (κ3) is 3.54. The molecule has 0 aliphatic rings. The normalized spacial score (nSPS) is 14.1. The van der Waals surface area contributed by atoms with Gasteiger partial charge in [-0.15, -0.1) is 11.3 Å². The second kappa shape index (κ2) is 6.76. The van der Waals surface area contributed by atoms with Gasteiger partial charge < -0.3 is 0 Å². The molecule has 0 bridgehead atoms. The zero-order valence-corrected chi connectivity index (χ0v) is 15.5. The minimum Gasteiger partial charge on any atom is -0.234 e. The van der Waals surface area contributed by atoms with Crippen LogP contribution in [-0.2, 0) is 10.0 Å². The van der Waals surface area contributed by atoms with Gasteiger partial charge in [-0.25, -0.2) is 18.4 Å². The maximum Gasteiger partial charge on any atom is 0.409 e. The van der Waals surface area contributed by atoms with Crippen LogP contribution >= 0.6 is 22.9 Å². The van der Waals surface area contributed by atoms with Crippen LogP contribution in [0.2, 0.25) is 5.02 Å². The molecule has 0 saturated heterocycles. The first kappa shape index (κ1) is 19.0. The minimum atomic E-state index is -4.82. The molecule has 3 rings (SSSR count). The van der Waals surface area contributed by atoms with Gasteiger partial charge in [0.25, 0.3) is 0 Å². The Morgan fingerprint density at radius 1 is 1.19 bits per heavy atom. The Morgan fingerprint density at radius 3 is 2.46 bits per heavy atom. The van der Waals surface area contributed by atoms with Gasteiger partial charge in [0, 0.05) is 18.3 Å². The van der Waals surface area contributed by atoms with E-state index in [1.165, 1.54) is 23.7 Å². The van der Waals surface area contributed by atoms with Crippen molar-refractivity contribution >= 4 is 43.3 Å². The predicted octanol–water partition coefficient (Wildman–Crippen LogP) is 4.27. The molecule has 0 saturated carbocycles. The number of sulfonamides is 1. The minimum absolute atomic E-state index is 0.236. The molecule has 0 aliphatic heterocycles. The average Bonchev–Trinajstić information content (AvgIpc) is 3.03. The molecular weight excluding hydrogens is 411 g/mol. The van der Waals surface area contributed by atoms with Crippen LogP contribution in [0.4, 0.5) is 13.2 Å². The summed E-state index contributed by atoms with van der Waals surface area (Å²) in [7, 11) is -3.56. The summed E-state index contributed by atoms with van der Waals surface area (Å²) in [6.45, 7) is 0. The van der Waals surface area contributed by atoms with E-state index in [4.69, 9.17) is 11.6 Å². The van der Waals surface area contributed by atoms with Gasteiger partial charge in [0.05, 0.1) is 10.2 Å². The first-order chi connectivity index (χ1) is 12.1. The largest absolute Gasteiger partial charge is 0.409 e. The highest BCUT2D eigenvalue weighted by Crippen LogP contribution is 2.40. The van der Waals surface area contributed by atoms with Crippen molar-refractivity contribution in [1.82, 2.24) is 14.3 Å². The van der Waals surface area contributed by atoms with Gasteiger partial charge in [0.1, 0.15) is 10.9 Å². The molecule has 2 heterocycles. The van der Waals surface area contributed by atoms with Gasteiger partial charge in [0.15, 0.2) is 5.65 Å². The number of benzene rings is 1. The molecule has 0 amide bonds. The summed E-state index contributed by atoms with van der Waals surface area (Å²) in [6, 6.07) is 3.76. The zero-order chi connectivity index (χ0) is 19.1. The molecule has 0 spiro atoms. The highest BCUT2D eigenvalue weighted by molar-refractivity contribution is 7.89. The molecule has 5 nitrogen and oxygen atoms in total. The number of aromatic nitrogens is 2. The van der Waals surface area contributed by atoms with Crippen molar-refractivity contribution in [3.8, 4) is 0 Å². The first-order valence-corrected chi connectivity index (χ1v) is 9.80. The summed E-state index contributed by atoms with van der Waals surface area (Å²) >= 11 is 6.86. The lowest BCUT2D eigenvalue weighted by Gasteiger charge is -2.29. The summed E-state index contributed by atoms with van der Waals surface area (Å²) < 4.78 is 67.2. The molecule has 0 N–H and O–H groups in total. The van der Waals surface area contributed by atoms with E-state index in [1.807, 2.05) is 0 Å². The van der Waals surface area contributed by atoms with Gasteiger partial charge >= 0.3 is 6.18 Å². The van der Waals surface area contributed by atoms with Crippen LogP contribution < -0.4 is 0 Å². The number of hydrogen-bond donors (Lipinski definition) is 0. The van der Waals surface area contributed by atoms with E-state index in [1.54, 1.807) is 0 Å². The van der Waals surface area contributed by atoms with E-state index in [0.29, 0.717) is 14.7 Å². The third-order valence-electron chi connectivity index (χ3n) is 3.70. The smallest absolute Gasteiger partial charge is 0.234 e. The number of pyridine rings is 1. The number of fused-ring (bicyclic) bond motifs is 1. The van der Waals surface area contributed by atoms with Crippen LogP contribution in [0, 0.1) is 0 Å². The van der Waals surface area contributed by atoms with E-state index in [0.717, 1.165) is 36.7 Å². The van der Waals surface area contributed by atoms with E-state index in [-0.39, 0.29) is 15.5 Å². The Balaban J connectivity index is 2.07. The maximum absolute atomic E-state index is 13.6. The SMILES string of the molecule is CN([C@H](c1ccc(Cl)cc1)C(F)(F)F)S(=O)(=O)c1cnc2ncsc2c1. The fourth-order valence-electron chi connectivity index (χ4n) is 2.43. The van der Waals surface area contributed by atoms with Crippen molar-refractivity contribution in [3.05, 3.63) is 52.6 Å². The van der Waals surface area contributed by atoms with Crippen molar-refractivity contribution in [3.63, 3.8) is 0 Å². The van der Waals surface area contributed by atoms with Crippen LogP contribution in [0.5, 0.6) is 0 Å². The van der Waals surface area contributed by atoms with Crippen molar-refractivity contribution in [2.75, 3.05) is 7.05 Å². The van der Waals surface area contributed by atoms with Crippen molar-refractivity contribution in [2.24, 2.45) is 0 Å².